The molecule has 7 nitrogen and oxygen atoms in total. The van der Waals surface area contributed by atoms with Gasteiger partial charge in [0.25, 0.3) is 0 Å². The fourth-order valence-corrected chi connectivity index (χ4v) is 3.65. The highest BCUT2D eigenvalue weighted by Gasteiger charge is 2.30. The normalized spacial score (nSPS) is 21.1. The maximum atomic E-state index is 4.43. The Kier molecular flexibility index (Phi) is 4.41. The average Bonchev–Trinajstić information content (AvgIpc) is 3.41. The van der Waals surface area contributed by atoms with Crippen LogP contribution in [0.15, 0.2) is 12.1 Å². The van der Waals surface area contributed by atoms with Gasteiger partial charge in [-0.2, -0.15) is 5.10 Å². The van der Waals surface area contributed by atoms with E-state index >= 15 is 0 Å². The summed E-state index contributed by atoms with van der Waals surface area (Å²) in [4.78, 5) is 4.76. The Hall–Kier alpha value is -2.02. The predicted octanol–water partition coefficient (Wildman–Crippen LogP) is 1.89. The smallest absolute Gasteiger partial charge is 0.151 e. The molecule has 0 unspecified atom stereocenters. The molecular weight excluding hydrogens is 314 g/mol. The number of likely N-dealkylation sites (N-methyl/N-ethyl adjacent to an activating group) is 1. The summed E-state index contributed by atoms with van der Waals surface area (Å²) in [5.41, 5.74) is 0.961. The van der Waals surface area contributed by atoms with Crippen molar-refractivity contribution in [2.24, 2.45) is 7.05 Å². The van der Waals surface area contributed by atoms with E-state index in [2.05, 4.69) is 54.9 Å². The summed E-state index contributed by atoms with van der Waals surface area (Å²) in [7, 11) is 4.30. The fraction of sp³-hybridized carbons (Fsp3) is 0.667. The van der Waals surface area contributed by atoms with Gasteiger partial charge < -0.3 is 9.47 Å². The van der Waals surface area contributed by atoms with Crippen LogP contribution < -0.4 is 4.90 Å². The molecule has 0 aromatic carbocycles. The molecular formula is C18H27N7. The zero-order chi connectivity index (χ0) is 17.4. The third kappa shape index (κ3) is 3.51. The van der Waals surface area contributed by atoms with Gasteiger partial charge in [-0.1, -0.05) is 0 Å². The van der Waals surface area contributed by atoms with Gasteiger partial charge in [0.1, 0.15) is 11.6 Å². The second-order valence-electron chi connectivity index (χ2n) is 7.50. The molecule has 1 atom stereocenters. The molecule has 2 aromatic rings. The molecule has 2 aliphatic rings. The van der Waals surface area contributed by atoms with Crippen LogP contribution in [0.1, 0.15) is 48.9 Å². The van der Waals surface area contributed by atoms with Crippen molar-refractivity contribution in [2.45, 2.75) is 51.1 Å². The Morgan fingerprint density at radius 2 is 1.96 bits per heavy atom. The Morgan fingerprint density at radius 3 is 2.68 bits per heavy atom. The zero-order valence-electron chi connectivity index (χ0n) is 15.4. The lowest BCUT2D eigenvalue weighted by molar-refractivity contribution is 0.201. The first-order valence-electron chi connectivity index (χ1n) is 9.25. The van der Waals surface area contributed by atoms with Crippen LogP contribution in [0.5, 0.6) is 0 Å². The van der Waals surface area contributed by atoms with Crippen LogP contribution in [0.3, 0.4) is 0 Å². The highest BCUT2D eigenvalue weighted by molar-refractivity contribution is 5.38. The molecule has 4 rings (SSSR count). The Labute approximate surface area is 149 Å². The van der Waals surface area contributed by atoms with Crippen molar-refractivity contribution < 1.29 is 0 Å². The third-order valence-corrected chi connectivity index (χ3v) is 5.46. The molecule has 7 heteroatoms. The van der Waals surface area contributed by atoms with Crippen LogP contribution in [0.25, 0.3) is 0 Å². The van der Waals surface area contributed by atoms with Gasteiger partial charge in [-0.05, 0) is 51.8 Å². The van der Waals surface area contributed by atoms with E-state index in [0.717, 1.165) is 42.8 Å². The number of nitrogens with zero attached hydrogens (tertiary/aromatic N) is 7. The van der Waals surface area contributed by atoms with Crippen LogP contribution in [0.2, 0.25) is 0 Å². The fourth-order valence-electron chi connectivity index (χ4n) is 3.65. The molecule has 134 valence electrons. The van der Waals surface area contributed by atoms with Crippen LogP contribution in [-0.4, -0.2) is 56.0 Å². The SMILES string of the molecule is Cc1ccc(N2CCC[C@H](N(C)Cc3nnc(C4CC4)n3C)C2)nn1. The molecule has 1 aliphatic carbocycles. The van der Waals surface area contributed by atoms with Crippen LogP contribution >= 0.6 is 0 Å². The van der Waals surface area contributed by atoms with Gasteiger partial charge in [-0.3, -0.25) is 4.90 Å². The summed E-state index contributed by atoms with van der Waals surface area (Å²) in [6.07, 6.45) is 4.91. The minimum absolute atomic E-state index is 0.498. The summed E-state index contributed by atoms with van der Waals surface area (Å²) >= 11 is 0. The van der Waals surface area contributed by atoms with E-state index in [0.29, 0.717) is 12.0 Å². The largest absolute Gasteiger partial charge is 0.354 e. The topological polar surface area (TPSA) is 63.0 Å². The van der Waals surface area contributed by atoms with Crippen molar-refractivity contribution in [3.8, 4) is 0 Å². The van der Waals surface area contributed by atoms with Gasteiger partial charge in [0.05, 0.1) is 12.2 Å². The van der Waals surface area contributed by atoms with E-state index in [-0.39, 0.29) is 0 Å². The van der Waals surface area contributed by atoms with Crippen molar-refractivity contribution in [3.05, 3.63) is 29.5 Å². The first-order chi connectivity index (χ1) is 12.1. The Morgan fingerprint density at radius 1 is 1.12 bits per heavy atom. The standard InChI is InChI=1S/C18H27N7/c1-13-6-9-16(20-19-13)25-10-4-5-15(11-25)23(2)12-17-21-22-18(24(17)3)14-7-8-14/h6,9,14-15H,4-5,7-8,10-12H2,1-3H3/t15-/m0/s1. The molecule has 0 N–H and O–H groups in total. The highest BCUT2D eigenvalue weighted by atomic mass is 15.3. The molecule has 2 aromatic heterocycles. The number of anilines is 1. The number of aryl methyl sites for hydroxylation is 1. The quantitative estimate of drug-likeness (QED) is 0.828. The van der Waals surface area contributed by atoms with Crippen molar-refractivity contribution in [1.29, 1.82) is 0 Å². The third-order valence-electron chi connectivity index (χ3n) is 5.46. The maximum Gasteiger partial charge on any atom is 0.151 e. The van der Waals surface area contributed by atoms with Crippen LogP contribution in [0.4, 0.5) is 5.82 Å². The Bertz CT molecular complexity index is 720. The number of hydrogen-bond acceptors (Lipinski definition) is 6. The van der Waals surface area contributed by atoms with Gasteiger partial charge in [-0.15, -0.1) is 15.3 Å². The van der Waals surface area contributed by atoms with Crippen molar-refractivity contribution in [3.63, 3.8) is 0 Å². The van der Waals surface area contributed by atoms with Gasteiger partial charge in [-0.25, -0.2) is 0 Å². The molecule has 25 heavy (non-hydrogen) atoms. The summed E-state index contributed by atoms with van der Waals surface area (Å²) in [6.45, 7) is 4.86. The lowest BCUT2D eigenvalue weighted by Gasteiger charge is -2.37. The first-order valence-corrected chi connectivity index (χ1v) is 9.25. The molecule has 0 amide bonds. The summed E-state index contributed by atoms with van der Waals surface area (Å²) in [5, 5.41) is 17.4. The molecule has 0 bridgehead atoms. The van der Waals surface area contributed by atoms with Crippen molar-refractivity contribution in [2.75, 3.05) is 25.0 Å². The van der Waals surface area contributed by atoms with Gasteiger partial charge in [0, 0.05) is 32.1 Å². The summed E-state index contributed by atoms with van der Waals surface area (Å²) < 4.78 is 2.19. The first kappa shape index (κ1) is 16.4. The maximum absolute atomic E-state index is 4.43. The molecule has 1 saturated heterocycles. The predicted molar refractivity (Wildman–Crippen MR) is 96.4 cm³/mol. The number of aromatic nitrogens is 5. The summed E-state index contributed by atoms with van der Waals surface area (Å²) in [6, 6.07) is 4.61. The zero-order valence-corrected chi connectivity index (χ0v) is 15.4. The lowest BCUT2D eigenvalue weighted by Crippen LogP contribution is -2.46. The van der Waals surface area contributed by atoms with E-state index < -0.39 is 0 Å². The lowest BCUT2D eigenvalue weighted by atomic mass is 10.0. The average molecular weight is 341 g/mol. The molecule has 1 aliphatic heterocycles. The van der Waals surface area contributed by atoms with E-state index in [1.54, 1.807) is 0 Å². The van der Waals surface area contributed by atoms with Crippen LogP contribution in [0, 0.1) is 6.92 Å². The number of hydrogen-bond donors (Lipinski definition) is 0. The summed E-state index contributed by atoms with van der Waals surface area (Å²) in [5.74, 6) is 3.85. The molecule has 2 fully saturated rings. The van der Waals surface area contributed by atoms with E-state index in [9.17, 15) is 0 Å². The van der Waals surface area contributed by atoms with Crippen LogP contribution in [-0.2, 0) is 13.6 Å². The second-order valence-corrected chi connectivity index (χ2v) is 7.50. The highest BCUT2D eigenvalue weighted by Crippen LogP contribution is 2.38. The minimum Gasteiger partial charge on any atom is -0.354 e. The van der Waals surface area contributed by atoms with Gasteiger partial charge in [0.2, 0.25) is 0 Å². The van der Waals surface area contributed by atoms with E-state index in [4.69, 9.17) is 0 Å². The monoisotopic (exact) mass is 341 g/mol. The van der Waals surface area contributed by atoms with Gasteiger partial charge >= 0.3 is 0 Å². The van der Waals surface area contributed by atoms with E-state index in [1.807, 2.05) is 13.0 Å². The number of rotatable bonds is 5. The van der Waals surface area contributed by atoms with E-state index in [1.165, 1.54) is 25.7 Å². The Balaban J connectivity index is 1.41. The molecule has 3 heterocycles. The second kappa shape index (κ2) is 6.71. The molecule has 0 radical (unpaired) electrons. The molecule has 1 saturated carbocycles. The molecule has 0 spiro atoms. The number of piperidine rings is 1. The van der Waals surface area contributed by atoms with Crippen molar-refractivity contribution in [1.82, 2.24) is 29.9 Å². The van der Waals surface area contributed by atoms with Gasteiger partial charge in [0.15, 0.2) is 5.82 Å². The minimum atomic E-state index is 0.498. The van der Waals surface area contributed by atoms with Crippen molar-refractivity contribution >= 4 is 5.82 Å².